The number of carbonyl (C=O) groups is 15. The Hall–Kier alpha value is -5.75. The molecule has 43 fully saturated rings. The predicted molar refractivity (Wildman–Crippen MR) is 520 cm³/mol. The summed E-state index contributed by atoms with van der Waals surface area (Å²) in [6, 6.07) is 0. The Kier molecular flexibility index (Phi) is 25.4. The van der Waals surface area contributed by atoms with Crippen LogP contribution in [0.2, 0.25) is 0 Å². The first-order valence-electron chi connectivity index (χ1n) is 57.4. The highest BCUT2D eigenvalue weighted by molar-refractivity contribution is 5.97. The third-order valence-corrected chi connectivity index (χ3v) is 51.0. The zero-order valence-corrected chi connectivity index (χ0v) is 87.3. The molecule has 0 radical (unpaired) electrons. The number of rotatable bonds is 0. The van der Waals surface area contributed by atoms with Crippen LogP contribution < -0.4 is 0 Å². The molecule has 0 amide bonds. The maximum absolute atomic E-state index is 15.2. The van der Waals surface area contributed by atoms with Gasteiger partial charge in [-0.1, -0.05) is 104 Å². The van der Waals surface area contributed by atoms with Gasteiger partial charge in [0.05, 0.1) is 0 Å². The van der Waals surface area contributed by atoms with E-state index in [9.17, 15) is 43.2 Å². The Bertz CT molecular complexity index is 5010. The van der Waals surface area contributed by atoms with Crippen LogP contribution in [0.25, 0.3) is 0 Å². The molecule has 0 N–H and O–H groups in total. The molecule has 0 aromatic heterocycles. The molecule has 40 bridgehead atoms. The molecule has 23 heterocycles. The fraction of sp³-hybridized carbons (Fsp3) is 0.875. The van der Waals surface area contributed by atoms with Crippen molar-refractivity contribution in [3.8, 4) is 0 Å². The molecular weight excluding hydrogens is 1750 g/mol. The van der Waals surface area contributed by atoms with Gasteiger partial charge in [0.1, 0.15) is 88.0 Å². The van der Waals surface area contributed by atoms with Crippen molar-refractivity contribution in [3.05, 3.63) is 0 Å². The number of ketones is 11. The van der Waals surface area contributed by atoms with E-state index in [1.54, 1.807) is 0 Å². The van der Waals surface area contributed by atoms with E-state index in [1.165, 1.54) is 0 Å². The summed E-state index contributed by atoms with van der Waals surface area (Å²) in [5.74, 6) is -0.270. The second-order valence-electron chi connectivity index (χ2n) is 55.6. The fourth-order valence-electron chi connectivity index (χ4n) is 42.5. The van der Waals surface area contributed by atoms with Gasteiger partial charge >= 0.3 is 23.9 Å². The van der Waals surface area contributed by atoms with Crippen molar-refractivity contribution in [2.45, 2.75) is 417 Å². The first-order valence-corrected chi connectivity index (χ1v) is 57.4. The number of ether oxygens (including phenoxy) is 4. The summed E-state index contributed by atoms with van der Waals surface area (Å²) in [4.78, 5) is 222. The average Bonchev–Trinajstić information content (AvgIpc) is 1.65. The van der Waals surface area contributed by atoms with Crippen LogP contribution in [-0.2, 0) is 90.9 Å². The van der Waals surface area contributed by atoms with Crippen molar-refractivity contribution in [1.82, 2.24) is 0 Å². The monoisotopic (exact) mass is 1920 g/mol. The van der Waals surface area contributed by atoms with Crippen molar-refractivity contribution < 1.29 is 90.9 Å². The largest absolute Gasteiger partial charge is 0.462 e. The number of carbonyl (C=O) groups excluding carboxylic acids is 15. The van der Waals surface area contributed by atoms with Gasteiger partial charge in [-0.15, -0.1) is 0 Å². The smallest absolute Gasteiger partial charge is 0.306 e. The summed E-state index contributed by atoms with van der Waals surface area (Å²) >= 11 is 0. The van der Waals surface area contributed by atoms with Gasteiger partial charge < -0.3 is 18.9 Å². The minimum Gasteiger partial charge on any atom is -0.462 e. The number of esters is 4. The molecule has 23 saturated heterocycles. The molecule has 139 heavy (non-hydrogen) atoms. The molecule has 43 rings (SSSR count). The maximum Gasteiger partial charge on any atom is 0.306 e. The molecule has 19 nitrogen and oxygen atoms in total. The van der Waals surface area contributed by atoms with Gasteiger partial charge in [0.25, 0.3) is 0 Å². The Labute approximate surface area is 828 Å². The number of fused-ring (bicyclic) bond motifs is 3. The number of hydrogen-bond donors (Lipinski definition) is 0. The Morgan fingerprint density at radius 3 is 0.597 bits per heavy atom. The highest BCUT2D eigenvalue weighted by Gasteiger charge is 2.74. The van der Waals surface area contributed by atoms with Crippen molar-refractivity contribution in [2.75, 3.05) is 0 Å². The molecule has 0 aromatic rings. The molecule has 20 aliphatic carbocycles. The van der Waals surface area contributed by atoms with E-state index in [0.717, 1.165) is 103 Å². The molecule has 0 spiro atoms. The minimum absolute atomic E-state index is 0.00960. The van der Waals surface area contributed by atoms with Crippen LogP contribution in [-0.4, -0.2) is 112 Å². The summed E-state index contributed by atoms with van der Waals surface area (Å²) in [5, 5.41) is 0. The Balaban J connectivity index is 0.471. The Morgan fingerprint density at radius 1 is 0.194 bits per heavy atom. The van der Waals surface area contributed by atoms with E-state index in [4.69, 9.17) is 18.9 Å². The SMILES string of the molecule is C[C@@H]1CCC(=O)O[C@@H]2CC[C@@]3(C)[C@H](CC(=O)[C@@H]4[C@@H]3CC(=O)[C@]3(C)[C@H](CC[C@@H]43)[C@H](C)CCC(=O)O[C@@H]3CC[C@@]4(C)[C@H](CC(=O)[C@@H]5[C@@H]4CC(=O)[C@]4(C)[C@H](CC[C@@H]54)[C@H](C)CCC(=O)[C@@H]4CC[C@@]5(C)[C@H](CC(=O)[C@@H]6[C@@H]5CC(=O)[C@]5(C)[C@H](CC[C@@H]65)[C@H](C)CCC(=O)O[C@@H]5CC[C@@]6(C)[C@H](CC(=O)[C@@H]7[C@@H]6CC(=O)[C@]6(C)[C@H](CC[C@@H]76)[C@H](C)CCC(=O)O[C@@H]6CC[C@@]7(C)[C@H](CC(=O)[C@@H]8[C@@H]7CC(=O)[C@]7(C)[C@@H]1CC[C@@H]87)C6)C5)C4)C3)C2. The molecule has 764 valence electrons. The van der Waals surface area contributed by atoms with E-state index in [2.05, 4.69) is 104 Å². The van der Waals surface area contributed by atoms with E-state index in [0.29, 0.717) is 161 Å². The number of Topliss-reactive ketones (excluding diaryl/α,β-unsaturated/α-hetero) is 11. The summed E-state index contributed by atoms with van der Waals surface area (Å²) in [5.41, 5.74) is -4.79. The Morgan fingerprint density at radius 2 is 0.381 bits per heavy atom. The molecule has 0 aromatic carbocycles. The lowest BCUT2D eigenvalue weighted by Crippen LogP contribution is -2.60. The molecular formula is C120H170O19. The van der Waals surface area contributed by atoms with Crippen LogP contribution >= 0.6 is 0 Å². The maximum atomic E-state index is 15.2. The van der Waals surface area contributed by atoms with E-state index < -0.39 is 27.1 Å². The normalized spacial score (nSPS) is 53.7. The van der Waals surface area contributed by atoms with Crippen LogP contribution in [0.4, 0.5) is 0 Å². The highest BCUT2D eigenvalue weighted by Crippen LogP contribution is 2.75. The van der Waals surface area contributed by atoms with Crippen LogP contribution in [0.15, 0.2) is 0 Å². The molecule has 23 aliphatic heterocycles. The van der Waals surface area contributed by atoms with Gasteiger partial charge in [-0.3, -0.25) is 71.9 Å². The third-order valence-electron chi connectivity index (χ3n) is 51.0. The second kappa shape index (κ2) is 35.5. The van der Waals surface area contributed by atoms with Gasteiger partial charge in [0.2, 0.25) is 0 Å². The van der Waals surface area contributed by atoms with Crippen molar-refractivity contribution in [2.24, 2.45) is 238 Å². The van der Waals surface area contributed by atoms with E-state index in [-0.39, 0.29) is 348 Å². The highest BCUT2D eigenvalue weighted by atomic mass is 16.6. The molecule has 20 saturated carbocycles. The number of hydrogen-bond acceptors (Lipinski definition) is 19. The lowest BCUT2D eigenvalue weighted by atomic mass is 9.43. The quantitative estimate of drug-likeness (QED) is 0.161. The van der Waals surface area contributed by atoms with Gasteiger partial charge in [0, 0.05) is 159 Å². The van der Waals surface area contributed by atoms with Crippen LogP contribution in [0, 0.1) is 238 Å². The summed E-state index contributed by atoms with van der Waals surface area (Å²) < 4.78 is 25.6. The standard InChI is InChI=1S/C120H170O19/c1-61-16-31-91(121)66-36-41-111(6)67(46-66)51-92(122)106-81-27-22-77(117(81,12)97(127)56-86(106)111)62(2)17-32-102(132)137-73-38-43-113(8)69(48-73)53-94(124)108-83-29-24-79(119(83,14)99(129)58-88(108)113)64(4)19-34-104(134)139-75-40-45-115(10)71(50-75)55-96(126)110-85-30-25-80(120(85,15)101(131)60-90(110)115)65(5)20-35-105(135)138-74-39-44-114(9)70(49-74)54-95(125)109-84-28-23-78(118(84,13)100(130)59-89(109)114)63(3)18-33-103(133)136-72-37-42-112(7)68(47-72)52-93(123)107-82-26-21-76(61)116(82,11)98(128)57-87(107)112/h61-90,106-110H,16-60H2,1-15H3/t61-,62-,63-,64-,65-,66-,67+,68+,69+,70+,71+,72-,73-,74-,75-,76-,77-,78-,79-,80-,81+,82+,83+,84+,85+,86+,87+,88+,89+,90+,106+,107+,108+,109+,110+,111+,112+,113+,114+,115+,116-,117-,118-,119-,120-/m1/s1. The summed E-state index contributed by atoms with van der Waals surface area (Å²) in [7, 11) is 0. The molecule has 0 unspecified atom stereocenters. The summed E-state index contributed by atoms with van der Waals surface area (Å²) in [6.45, 7) is 33.1. The molecule has 43 aliphatic rings. The summed E-state index contributed by atoms with van der Waals surface area (Å²) in [6.07, 6.45) is 24.9. The first-order chi connectivity index (χ1) is 65.8. The lowest BCUT2D eigenvalue weighted by Gasteiger charge is -2.59. The van der Waals surface area contributed by atoms with E-state index >= 15 is 28.8 Å². The van der Waals surface area contributed by atoms with Gasteiger partial charge in [-0.05, 0) is 368 Å². The second-order valence-corrected chi connectivity index (χ2v) is 55.6. The zero-order valence-electron chi connectivity index (χ0n) is 87.3. The molecule has 45 atom stereocenters. The predicted octanol–water partition coefficient (Wildman–Crippen LogP) is 22.0. The van der Waals surface area contributed by atoms with Crippen LogP contribution in [0.3, 0.4) is 0 Å². The van der Waals surface area contributed by atoms with Gasteiger partial charge in [0.15, 0.2) is 0 Å². The van der Waals surface area contributed by atoms with Crippen LogP contribution in [0.5, 0.6) is 0 Å². The van der Waals surface area contributed by atoms with Gasteiger partial charge in [-0.25, -0.2) is 0 Å². The molecule has 19 heteroatoms. The topological polar surface area (TPSA) is 293 Å². The zero-order chi connectivity index (χ0) is 98.5. The first kappa shape index (κ1) is 99.2. The lowest BCUT2D eigenvalue weighted by molar-refractivity contribution is -0.175. The van der Waals surface area contributed by atoms with Crippen LogP contribution in [0.1, 0.15) is 393 Å². The van der Waals surface area contributed by atoms with Crippen molar-refractivity contribution in [1.29, 1.82) is 0 Å². The van der Waals surface area contributed by atoms with Gasteiger partial charge in [-0.2, -0.15) is 0 Å². The fourth-order valence-corrected chi connectivity index (χ4v) is 42.5. The van der Waals surface area contributed by atoms with Crippen molar-refractivity contribution >= 4 is 87.5 Å². The van der Waals surface area contributed by atoms with E-state index in [1.807, 2.05) is 0 Å². The van der Waals surface area contributed by atoms with Crippen molar-refractivity contribution in [3.63, 3.8) is 0 Å². The minimum atomic E-state index is -0.696. The average molecular weight is 1920 g/mol. The third kappa shape index (κ3) is 15.2.